The van der Waals surface area contributed by atoms with Crippen LogP contribution in [0.15, 0.2) is 0 Å². The minimum absolute atomic E-state index is 0.643. The van der Waals surface area contributed by atoms with Gasteiger partial charge in [-0.2, -0.15) is 10.5 Å². The van der Waals surface area contributed by atoms with Gasteiger partial charge in [-0.05, 0) is 27.7 Å². The number of nitriles is 2. The lowest BCUT2D eigenvalue weighted by molar-refractivity contribution is 0.0503. The number of carbonyl (C=O) groups is 1. The fourth-order valence-electron chi connectivity index (χ4n) is 0.589. The van der Waals surface area contributed by atoms with Crippen LogP contribution in [0, 0.1) is 22.7 Å². The fourth-order valence-corrected chi connectivity index (χ4v) is 0.589. The lowest BCUT2D eigenvalue weighted by atomic mass is 10.1. The van der Waals surface area contributed by atoms with E-state index in [1.165, 1.54) is 6.92 Å². The fraction of sp³-hybridized carbons (Fsp3) is 0.667. The highest BCUT2D eigenvalue weighted by atomic mass is 16.6. The summed E-state index contributed by atoms with van der Waals surface area (Å²) in [6, 6.07) is 3.34. The second-order valence-corrected chi connectivity index (χ2v) is 3.98. The Bertz CT molecular complexity index is 289. The molecule has 0 saturated carbocycles. The largest absolute Gasteiger partial charge is 0.444 e. The highest BCUT2D eigenvalue weighted by Gasteiger charge is 2.28. The molecule has 0 radical (unpaired) electrons. The van der Waals surface area contributed by atoms with Crippen LogP contribution in [-0.4, -0.2) is 17.2 Å². The standard InChI is InChI=1S/C9H13N3O2/c1-8(2,3)14-7(13)12-9(4,5-10)6-11/h1-4H3,(H,12,13). The first-order valence-corrected chi connectivity index (χ1v) is 4.06. The van der Waals surface area contributed by atoms with Crippen LogP contribution in [0.4, 0.5) is 4.79 Å². The molecule has 1 N–H and O–H groups in total. The smallest absolute Gasteiger partial charge is 0.409 e. The summed E-state index contributed by atoms with van der Waals surface area (Å²) in [6.45, 7) is 6.39. The number of alkyl carbamates (subject to hydrolysis) is 1. The van der Waals surface area contributed by atoms with E-state index in [0.717, 1.165) is 0 Å². The van der Waals surface area contributed by atoms with E-state index in [0.29, 0.717) is 0 Å². The van der Waals surface area contributed by atoms with Crippen molar-refractivity contribution >= 4 is 6.09 Å². The molecule has 0 aliphatic rings. The first-order valence-electron chi connectivity index (χ1n) is 4.06. The highest BCUT2D eigenvalue weighted by Crippen LogP contribution is 2.08. The quantitative estimate of drug-likeness (QED) is 0.683. The van der Waals surface area contributed by atoms with Crippen molar-refractivity contribution < 1.29 is 9.53 Å². The number of hydrogen-bond donors (Lipinski definition) is 1. The van der Waals surface area contributed by atoms with E-state index in [1.54, 1.807) is 32.9 Å². The van der Waals surface area contributed by atoms with E-state index >= 15 is 0 Å². The molecule has 5 heteroatoms. The molecule has 0 spiro atoms. The summed E-state index contributed by atoms with van der Waals surface area (Å²) < 4.78 is 4.88. The van der Waals surface area contributed by atoms with Crippen LogP contribution in [0.2, 0.25) is 0 Å². The zero-order valence-electron chi connectivity index (χ0n) is 8.71. The van der Waals surface area contributed by atoms with Gasteiger partial charge in [-0.3, -0.25) is 5.32 Å². The van der Waals surface area contributed by atoms with Crippen molar-refractivity contribution in [3.05, 3.63) is 0 Å². The van der Waals surface area contributed by atoms with Crippen LogP contribution in [-0.2, 0) is 4.74 Å². The molecule has 0 fully saturated rings. The molecule has 0 atom stereocenters. The number of hydrogen-bond acceptors (Lipinski definition) is 4. The molecule has 0 unspecified atom stereocenters. The predicted molar refractivity (Wildman–Crippen MR) is 49.0 cm³/mol. The van der Waals surface area contributed by atoms with Gasteiger partial charge in [0.2, 0.25) is 5.54 Å². The molecule has 0 aromatic heterocycles. The summed E-state index contributed by atoms with van der Waals surface area (Å²) in [5.41, 5.74) is -2.18. The highest BCUT2D eigenvalue weighted by molar-refractivity contribution is 5.70. The van der Waals surface area contributed by atoms with E-state index in [-0.39, 0.29) is 0 Å². The zero-order valence-corrected chi connectivity index (χ0v) is 8.71. The van der Waals surface area contributed by atoms with Crippen LogP contribution in [0.1, 0.15) is 27.7 Å². The van der Waals surface area contributed by atoms with Gasteiger partial charge in [0.15, 0.2) is 0 Å². The van der Waals surface area contributed by atoms with Crippen molar-refractivity contribution in [2.45, 2.75) is 38.8 Å². The third kappa shape index (κ3) is 4.32. The van der Waals surface area contributed by atoms with Crippen LogP contribution >= 0.6 is 0 Å². The molecule has 14 heavy (non-hydrogen) atoms. The third-order valence-electron chi connectivity index (χ3n) is 1.20. The predicted octanol–water partition coefficient (Wildman–Crippen LogP) is 1.32. The Balaban J connectivity index is 4.37. The van der Waals surface area contributed by atoms with Crippen molar-refractivity contribution in [1.29, 1.82) is 10.5 Å². The molecule has 0 bridgehead atoms. The number of amides is 1. The summed E-state index contributed by atoms with van der Waals surface area (Å²) >= 11 is 0. The van der Waals surface area contributed by atoms with Gasteiger partial charge in [0, 0.05) is 0 Å². The summed E-state index contributed by atoms with van der Waals surface area (Å²) in [4.78, 5) is 11.2. The summed E-state index contributed by atoms with van der Waals surface area (Å²) in [5.74, 6) is 0. The number of carbonyl (C=O) groups excluding carboxylic acids is 1. The second-order valence-electron chi connectivity index (χ2n) is 3.98. The monoisotopic (exact) mass is 195 g/mol. The maximum atomic E-state index is 11.2. The van der Waals surface area contributed by atoms with Gasteiger partial charge >= 0.3 is 6.09 Å². The van der Waals surface area contributed by atoms with Crippen molar-refractivity contribution in [3.63, 3.8) is 0 Å². The van der Waals surface area contributed by atoms with Crippen LogP contribution in [0.25, 0.3) is 0 Å². The SMILES string of the molecule is CC(C#N)(C#N)NC(=O)OC(C)(C)C. The van der Waals surface area contributed by atoms with Crippen LogP contribution < -0.4 is 5.32 Å². The maximum absolute atomic E-state index is 11.2. The Morgan fingerprint density at radius 2 is 1.64 bits per heavy atom. The first kappa shape index (κ1) is 12.2. The van der Waals surface area contributed by atoms with Crippen molar-refractivity contribution in [3.8, 4) is 12.1 Å². The third-order valence-corrected chi connectivity index (χ3v) is 1.20. The molecule has 0 heterocycles. The molecule has 1 amide bonds. The van der Waals surface area contributed by atoms with Gasteiger partial charge in [0.1, 0.15) is 17.7 Å². The minimum atomic E-state index is -1.54. The van der Waals surface area contributed by atoms with Gasteiger partial charge in [-0.15, -0.1) is 0 Å². The average molecular weight is 195 g/mol. The van der Waals surface area contributed by atoms with Crippen molar-refractivity contribution in [1.82, 2.24) is 5.32 Å². The first-order chi connectivity index (χ1) is 6.22. The average Bonchev–Trinajstić information content (AvgIpc) is 2.00. The Hall–Kier alpha value is -1.75. The Kier molecular flexibility index (Phi) is 3.48. The van der Waals surface area contributed by atoms with Crippen LogP contribution in [0.5, 0.6) is 0 Å². The van der Waals surface area contributed by atoms with Crippen LogP contribution in [0.3, 0.4) is 0 Å². The van der Waals surface area contributed by atoms with Crippen molar-refractivity contribution in [2.24, 2.45) is 0 Å². The molecule has 76 valence electrons. The van der Waals surface area contributed by atoms with E-state index in [1.807, 2.05) is 0 Å². The second kappa shape index (κ2) is 3.97. The minimum Gasteiger partial charge on any atom is -0.444 e. The molecule has 5 nitrogen and oxygen atoms in total. The lowest BCUT2D eigenvalue weighted by Crippen LogP contribution is -2.45. The van der Waals surface area contributed by atoms with E-state index in [2.05, 4.69) is 5.32 Å². The van der Waals surface area contributed by atoms with Gasteiger partial charge < -0.3 is 4.74 Å². The molecule has 0 aliphatic carbocycles. The van der Waals surface area contributed by atoms with Gasteiger partial charge in [-0.1, -0.05) is 0 Å². The number of ether oxygens (including phenoxy) is 1. The molecule has 0 aliphatic heterocycles. The molecule has 0 aromatic carbocycles. The zero-order chi connectivity index (χ0) is 11.4. The van der Waals surface area contributed by atoms with E-state index < -0.39 is 17.2 Å². The summed E-state index contributed by atoms with van der Waals surface area (Å²) in [7, 11) is 0. The maximum Gasteiger partial charge on any atom is 0.409 e. The van der Waals surface area contributed by atoms with Gasteiger partial charge in [0.25, 0.3) is 0 Å². The molecule has 0 rings (SSSR count). The van der Waals surface area contributed by atoms with Gasteiger partial charge in [-0.25, -0.2) is 4.79 Å². The molecular formula is C9H13N3O2. The molecular weight excluding hydrogens is 182 g/mol. The number of nitrogens with one attached hydrogen (secondary N) is 1. The molecule has 0 aromatic rings. The van der Waals surface area contributed by atoms with E-state index in [9.17, 15) is 4.79 Å². The Labute approximate surface area is 83.3 Å². The van der Waals surface area contributed by atoms with Crippen molar-refractivity contribution in [2.75, 3.05) is 0 Å². The summed E-state index contributed by atoms with van der Waals surface area (Å²) in [6.07, 6.45) is -0.775. The number of rotatable bonds is 1. The molecule has 0 saturated heterocycles. The normalized spacial score (nSPS) is 11.0. The number of nitrogens with zero attached hydrogens (tertiary/aromatic N) is 2. The van der Waals surface area contributed by atoms with E-state index in [4.69, 9.17) is 15.3 Å². The topological polar surface area (TPSA) is 85.9 Å². The summed E-state index contributed by atoms with van der Waals surface area (Å²) in [5, 5.41) is 19.3. The lowest BCUT2D eigenvalue weighted by Gasteiger charge is -2.22. The Morgan fingerprint density at radius 3 is 1.93 bits per heavy atom. The Morgan fingerprint density at radius 1 is 1.21 bits per heavy atom. The van der Waals surface area contributed by atoms with Gasteiger partial charge in [0.05, 0.1) is 0 Å².